The van der Waals surface area contributed by atoms with Crippen molar-refractivity contribution in [3.63, 3.8) is 0 Å². The largest absolute Gasteiger partial charge is 0.309 e. The second kappa shape index (κ2) is 11.5. The fourth-order valence-electron chi connectivity index (χ4n) is 8.74. The zero-order chi connectivity index (χ0) is 34.9. The highest BCUT2D eigenvalue weighted by molar-refractivity contribution is 6.09. The van der Waals surface area contributed by atoms with Gasteiger partial charge in [0.2, 0.25) is 0 Å². The van der Waals surface area contributed by atoms with Crippen molar-refractivity contribution in [3.8, 4) is 34.2 Å². The van der Waals surface area contributed by atoms with E-state index in [1.807, 2.05) is 6.07 Å². The van der Waals surface area contributed by atoms with Gasteiger partial charge in [-0.3, -0.25) is 4.57 Å². The Hall–Kier alpha value is -7.11. The van der Waals surface area contributed by atoms with Crippen molar-refractivity contribution >= 4 is 32.8 Å². The molecule has 4 heterocycles. The quantitative estimate of drug-likeness (QED) is 0.182. The molecule has 0 radical (unpaired) electrons. The Labute approximate surface area is 306 Å². The maximum atomic E-state index is 5.39. The molecule has 0 unspecified atom stereocenters. The molecule has 0 amide bonds. The van der Waals surface area contributed by atoms with Crippen LogP contribution in [0.1, 0.15) is 22.3 Å². The van der Waals surface area contributed by atoms with Gasteiger partial charge in [0.15, 0.2) is 5.82 Å². The van der Waals surface area contributed by atoms with Gasteiger partial charge in [0.25, 0.3) is 0 Å². The van der Waals surface area contributed by atoms with E-state index in [1.54, 1.807) is 12.4 Å². The SMILES string of the molecule is c1ccc(C2(c3ccccc3)c3cc(-n4c5ccccc5c5ccccc54)ccc3-n3c(-c4ccc(-c5ncccn5)cc4)nc4cccc2c43)cc1. The van der Waals surface area contributed by atoms with E-state index in [4.69, 9.17) is 4.98 Å². The van der Waals surface area contributed by atoms with Crippen molar-refractivity contribution in [3.05, 3.63) is 211 Å². The lowest BCUT2D eigenvalue weighted by Gasteiger charge is -2.41. The summed E-state index contributed by atoms with van der Waals surface area (Å²) in [6, 6.07) is 63.3. The summed E-state index contributed by atoms with van der Waals surface area (Å²) in [6.07, 6.45) is 3.55. The first-order valence-corrected chi connectivity index (χ1v) is 17.9. The third kappa shape index (κ3) is 4.22. The topological polar surface area (TPSA) is 48.5 Å². The summed E-state index contributed by atoms with van der Waals surface area (Å²) in [7, 11) is 0. The Bertz CT molecular complexity index is 2890. The smallest absolute Gasteiger partial charge is 0.159 e. The molecule has 3 aromatic heterocycles. The lowest BCUT2D eigenvalue weighted by Crippen LogP contribution is -2.35. The van der Waals surface area contributed by atoms with E-state index in [-0.39, 0.29) is 0 Å². The number of fused-ring (bicyclic) bond motifs is 5. The first kappa shape index (κ1) is 29.6. The van der Waals surface area contributed by atoms with Crippen LogP contribution in [0.2, 0.25) is 0 Å². The van der Waals surface area contributed by atoms with E-state index in [1.165, 1.54) is 44.1 Å². The van der Waals surface area contributed by atoms with Crippen molar-refractivity contribution in [1.29, 1.82) is 0 Å². The van der Waals surface area contributed by atoms with Crippen LogP contribution in [0.4, 0.5) is 0 Å². The summed E-state index contributed by atoms with van der Waals surface area (Å²) in [4.78, 5) is 14.3. The molecule has 0 saturated heterocycles. The minimum atomic E-state index is -0.631. The van der Waals surface area contributed by atoms with Gasteiger partial charge >= 0.3 is 0 Å². The van der Waals surface area contributed by atoms with Gasteiger partial charge in [-0.05, 0) is 64.7 Å². The van der Waals surface area contributed by atoms with E-state index >= 15 is 0 Å². The molecule has 10 aromatic rings. The fourth-order valence-corrected chi connectivity index (χ4v) is 8.74. The first-order valence-electron chi connectivity index (χ1n) is 17.9. The van der Waals surface area contributed by atoms with Gasteiger partial charge < -0.3 is 4.57 Å². The monoisotopic (exact) mass is 677 g/mol. The predicted octanol–water partition coefficient (Wildman–Crippen LogP) is 10.9. The van der Waals surface area contributed by atoms with E-state index < -0.39 is 5.41 Å². The van der Waals surface area contributed by atoms with Crippen LogP contribution in [0, 0.1) is 0 Å². The van der Waals surface area contributed by atoms with Gasteiger partial charge in [-0.15, -0.1) is 0 Å². The summed E-state index contributed by atoms with van der Waals surface area (Å²) >= 11 is 0. The van der Waals surface area contributed by atoms with Crippen molar-refractivity contribution < 1.29 is 0 Å². The first-order chi connectivity index (χ1) is 26.3. The third-order valence-corrected chi connectivity index (χ3v) is 10.9. The molecular weight excluding hydrogens is 647 g/mol. The minimum Gasteiger partial charge on any atom is -0.309 e. The number of aromatic nitrogens is 5. The van der Waals surface area contributed by atoms with Gasteiger partial charge in [0, 0.05) is 40.0 Å². The molecule has 5 nitrogen and oxygen atoms in total. The number of hydrogen-bond donors (Lipinski definition) is 0. The highest BCUT2D eigenvalue weighted by Gasteiger charge is 2.45. The van der Waals surface area contributed by atoms with E-state index in [9.17, 15) is 0 Å². The molecule has 0 bridgehead atoms. The van der Waals surface area contributed by atoms with Gasteiger partial charge in [0.05, 0.1) is 33.2 Å². The molecule has 53 heavy (non-hydrogen) atoms. The molecule has 5 heteroatoms. The molecule has 7 aromatic carbocycles. The average Bonchev–Trinajstić information content (AvgIpc) is 3.79. The van der Waals surface area contributed by atoms with Crippen molar-refractivity contribution in [2.45, 2.75) is 5.41 Å². The van der Waals surface area contributed by atoms with E-state index in [2.05, 4.69) is 189 Å². The van der Waals surface area contributed by atoms with E-state index in [0.717, 1.165) is 39.4 Å². The van der Waals surface area contributed by atoms with Crippen LogP contribution in [0.15, 0.2) is 188 Å². The van der Waals surface area contributed by atoms with Crippen LogP contribution in [-0.4, -0.2) is 24.1 Å². The number of imidazole rings is 1. The van der Waals surface area contributed by atoms with Crippen LogP contribution in [0.25, 0.3) is 67.0 Å². The number of nitrogens with zero attached hydrogens (tertiary/aromatic N) is 5. The lowest BCUT2D eigenvalue weighted by atomic mass is 9.63. The molecule has 11 rings (SSSR count). The molecule has 0 saturated carbocycles. The Morgan fingerprint density at radius 2 is 1.06 bits per heavy atom. The zero-order valence-corrected chi connectivity index (χ0v) is 28.6. The normalized spacial score (nSPS) is 13.1. The molecule has 0 N–H and O–H groups in total. The van der Waals surface area contributed by atoms with Gasteiger partial charge in [-0.1, -0.05) is 133 Å². The molecule has 1 aliphatic rings. The Morgan fingerprint density at radius 1 is 0.453 bits per heavy atom. The van der Waals surface area contributed by atoms with Crippen LogP contribution in [0.3, 0.4) is 0 Å². The number of hydrogen-bond acceptors (Lipinski definition) is 3. The van der Waals surface area contributed by atoms with Crippen LogP contribution >= 0.6 is 0 Å². The Kier molecular flexibility index (Phi) is 6.40. The molecule has 248 valence electrons. The maximum absolute atomic E-state index is 5.39. The minimum absolute atomic E-state index is 0.631. The second-order valence-electron chi connectivity index (χ2n) is 13.6. The number of benzene rings is 7. The van der Waals surface area contributed by atoms with Gasteiger partial charge in [-0.2, -0.15) is 0 Å². The molecule has 0 spiro atoms. The maximum Gasteiger partial charge on any atom is 0.159 e. The Balaban J connectivity index is 1.25. The second-order valence-corrected chi connectivity index (χ2v) is 13.6. The van der Waals surface area contributed by atoms with Gasteiger partial charge in [-0.25, -0.2) is 15.0 Å². The van der Waals surface area contributed by atoms with E-state index in [0.29, 0.717) is 5.82 Å². The summed E-state index contributed by atoms with van der Waals surface area (Å²) in [5.41, 5.74) is 12.8. The zero-order valence-electron chi connectivity index (χ0n) is 28.6. The Morgan fingerprint density at radius 3 is 1.72 bits per heavy atom. The molecule has 0 fully saturated rings. The number of rotatable bonds is 5. The van der Waals surface area contributed by atoms with Gasteiger partial charge in [0.1, 0.15) is 5.82 Å². The fraction of sp³-hybridized carbons (Fsp3) is 0.0208. The lowest BCUT2D eigenvalue weighted by molar-refractivity contribution is 0.724. The molecule has 0 aliphatic carbocycles. The highest BCUT2D eigenvalue weighted by Crippen LogP contribution is 2.54. The summed E-state index contributed by atoms with van der Waals surface area (Å²) < 4.78 is 4.80. The predicted molar refractivity (Wildman–Crippen MR) is 214 cm³/mol. The van der Waals surface area contributed by atoms with Crippen molar-refractivity contribution in [1.82, 2.24) is 24.1 Å². The summed E-state index contributed by atoms with van der Waals surface area (Å²) in [5.74, 6) is 1.60. The van der Waals surface area contributed by atoms with Crippen molar-refractivity contribution in [2.24, 2.45) is 0 Å². The van der Waals surface area contributed by atoms with Crippen LogP contribution in [0.5, 0.6) is 0 Å². The van der Waals surface area contributed by atoms with Crippen LogP contribution in [-0.2, 0) is 5.41 Å². The molecule has 1 aliphatic heterocycles. The average molecular weight is 678 g/mol. The van der Waals surface area contributed by atoms with Crippen LogP contribution < -0.4 is 0 Å². The third-order valence-electron chi connectivity index (χ3n) is 10.9. The molecule has 0 atom stereocenters. The standard InChI is InChI=1S/C48H31N5/c1-3-13-34(14-4-1)48(35-15-5-2-6-16-35)39-19-11-20-41-45(39)53(47(51-41)33-25-23-32(24-26-33)46-49-29-12-30-50-46)44-28-27-36(31-40(44)48)52-42-21-9-7-17-37(42)38-18-8-10-22-43(38)52/h1-31H. The highest BCUT2D eigenvalue weighted by atomic mass is 15.1. The molecular formula is C48H31N5. The number of para-hydroxylation sites is 3. The summed E-state index contributed by atoms with van der Waals surface area (Å²) in [5, 5.41) is 2.48. The summed E-state index contributed by atoms with van der Waals surface area (Å²) in [6.45, 7) is 0. The van der Waals surface area contributed by atoms with Crippen molar-refractivity contribution in [2.75, 3.05) is 0 Å².